The van der Waals surface area contributed by atoms with Gasteiger partial charge in [0.05, 0.1) is 6.42 Å². The Balaban J connectivity index is 1.94. The van der Waals surface area contributed by atoms with Gasteiger partial charge in [0.15, 0.2) is 0 Å². The van der Waals surface area contributed by atoms with E-state index in [0.717, 1.165) is 13.0 Å². The van der Waals surface area contributed by atoms with Crippen molar-refractivity contribution < 1.29 is 9.59 Å². The summed E-state index contributed by atoms with van der Waals surface area (Å²) in [7, 11) is 0. The molecule has 3 nitrogen and oxygen atoms in total. The zero-order chi connectivity index (χ0) is 13.2. The predicted octanol–water partition coefficient (Wildman–Crippen LogP) is 3.32. The molecule has 1 heterocycles. The Kier molecular flexibility index (Phi) is 7.70. The summed E-state index contributed by atoms with van der Waals surface area (Å²) in [6, 6.07) is 0. The second-order valence-electron chi connectivity index (χ2n) is 5.32. The molecule has 0 bridgehead atoms. The molecule has 0 spiro atoms. The van der Waals surface area contributed by atoms with Gasteiger partial charge < -0.3 is 4.90 Å². The molecule has 18 heavy (non-hydrogen) atoms. The fourth-order valence-electron chi connectivity index (χ4n) is 2.43. The van der Waals surface area contributed by atoms with Crippen molar-refractivity contribution in [3.05, 3.63) is 0 Å². The molecule has 3 heteroatoms. The van der Waals surface area contributed by atoms with Crippen molar-refractivity contribution in [1.82, 2.24) is 4.90 Å². The topological polar surface area (TPSA) is 37.4 Å². The first-order valence-electron chi connectivity index (χ1n) is 7.53. The van der Waals surface area contributed by atoms with E-state index in [1.165, 1.54) is 44.9 Å². The van der Waals surface area contributed by atoms with Crippen LogP contribution in [-0.2, 0) is 9.59 Å². The molecule has 1 saturated heterocycles. The zero-order valence-electron chi connectivity index (χ0n) is 11.7. The lowest BCUT2D eigenvalue weighted by molar-refractivity contribution is -0.139. The molecule has 0 aromatic rings. The van der Waals surface area contributed by atoms with Gasteiger partial charge in [-0.1, -0.05) is 51.9 Å². The van der Waals surface area contributed by atoms with E-state index < -0.39 is 0 Å². The number of carbonyl (C=O) groups excluding carboxylic acids is 2. The number of amides is 1. The highest BCUT2D eigenvalue weighted by molar-refractivity contribution is 6.00. The first kappa shape index (κ1) is 15.2. The summed E-state index contributed by atoms with van der Waals surface area (Å²) in [5.74, 6) is 0.140. The third kappa shape index (κ3) is 6.18. The van der Waals surface area contributed by atoms with Crippen LogP contribution in [0.25, 0.3) is 0 Å². The minimum atomic E-state index is 0.0363. The highest BCUT2D eigenvalue weighted by Gasteiger charge is 2.22. The second kappa shape index (κ2) is 9.12. The maximum Gasteiger partial charge on any atom is 0.230 e. The average molecular weight is 253 g/mol. The average Bonchev–Trinajstić information content (AvgIpc) is 2.35. The largest absolute Gasteiger partial charge is 0.342 e. The first-order valence-corrected chi connectivity index (χ1v) is 7.53. The van der Waals surface area contributed by atoms with Crippen LogP contribution in [0.2, 0.25) is 0 Å². The Morgan fingerprint density at radius 1 is 0.944 bits per heavy atom. The van der Waals surface area contributed by atoms with E-state index >= 15 is 0 Å². The first-order chi connectivity index (χ1) is 8.74. The lowest BCUT2D eigenvalue weighted by atomic mass is 10.1. The predicted molar refractivity (Wildman–Crippen MR) is 73.4 cm³/mol. The fraction of sp³-hybridized carbons (Fsp3) is 0.867. The van der Waals surface area contributed by atoms with Gasteiger partial charge in [0.25, 0.3) is 0 Å². The third-order valence-corrected chi connectivity index (χ3v) is 3.64. The lowest BCUT2D eigenvalue weighted by Crippen LogP contribution is -2.39. The molecule has 1 amide bonds. The molecule has 0 unspecified atom stereocenters. The monoisotopic (exact) mass is 253 g/mol. The van der Waals surface area contributed by atoms with Crippen LogP contribution in [0.4, 0.5) is 0 Å². The van der Waals surface area contributed by atoms with E-state index in [2.05, 4.69) is 6.92 Å². The van der Waals surface area contributed by atoms with Crippen LogP contribution in [0, 0.1) is 0 Å². The summed E-state index contributed by atoms with van der Waals surface area (Å²) in [6.07, 6.45) is 11.0. The molecule has 1 aliphatic rings. The molecular weight excluding hydrogens is 226 g/mol. The molecule has 1 rings (SSSR count). The molecule has 0 radical (unpaired) electrons. The van der Waals surface area contributed by atoms with Crippen LogP contribution in [0.1, 0.15) is 71.1 Å². The van der Waals surface area contributed by atoms with Gasteiger partial charge >= 0.3 is 0 Å². The van der Waals surface area contributed by atoms with E-state index in [1.54, 1.807) is 0 Å². The van der Waals surface area contributed by atoms with Crippen LogP contribution >= 0.6 is 0 Å². The third-order valence-electron chi connectivity index (χ3n) is 3.64. The summed E-state index contributed by atoms with van der Waals surface area (Å²) in [4.78, 5) is 24.5. The number of piperidine rings is 1. The standard InChI is InChI=1S/C15H27NO2/c1-2-3-4-5-6-7-8-9-11-16-12-10-14(17)13-15(16)18/h2-13H2,1H3. The van der Waals surface area contributed by atoms with E-state index in [-0.39, 0.29) is 18.1 Å². The van der Waals surface area contributed by atoms with Gasteiger partial charge in [-0.2, -0.15) is 0 Å². The number of rotatable bonds is 9. The number of likely N-dealkylation sites (tertiary alicyclic amines) is 1. The van der Waals surface area contributed by atoms with Gasteiger partial charge in [-0.3, -0.25) is 9.59 Å². The van der Waals surface area contributed by atoms with Crippen molar-refractivity contribution in [2.45, 2.75) is 71.1 Å². The van der Waals surface area contributed by atoms with E-state index in [4.69, 9.17) is 0 Å². The zero-order valence-corrected chi connectivity index (χ0v) is 11.7. The van der Waals surface area contributed by atoms with E-state index in [9.17, 15) is 9.59 Å². The number of Topliss-reactive ketones (excluding diaryl/α,β-unsaturated/α-hetero) is 1. The molecule has 1 fully saturated rings. The van der Waals surface area contributed by atoms with Crippen molar-refractivity contribution >= 4 is 11.7 Å². The summed E-state index contributed by atoms with van der Waals surface area (Å²) in [5, 5.41) is 0. The van der Waals surface area contributed by atoms with Crippen molar-refractivity contribution in [3.8, 4) is 0 Å². The van der Waals surface area contributed by atoms with Crippen LogP contribution in [-0.4, -0.2) is 29.7 Å². The molecule has 0 aliphatic carbocycles. The SMILES string of the molecule is CCCCCCCCCCN1CCC(=O)CC1=O. The molecule has 0 aromatic carbocycles. The molecule has 0 saturated carbocycles. The second-order valence-corrected chi connectivity index (χ2v) is 5.32. The summed E-state index contributed by atoms with van der Waals surface area (Å²) >= 11 is 0. The summed E-state index contributed by atoms with van der Waals surface area (Å²) in [6.45, 7) is 3.73. The lowest BCUT2D eigenvalue weighted by Gasteiger charge is -2.25. The van der Waals surface area contributed by atoms with Gasteiger partial charge in [-0.15, -0.1) is 0 Å². The van der Waals surface area contributed by atoms with Crippen molar-refractivity contribution in [2.75, 3.05) is 13.1 Å². The number of hydrogen-bond donors (Lipinski definition) is 0. The molecule has 104 valence electrons. The minimum Gasteiger partial charge on any atom is -0.342 e. The van der Waals surface area contributed by atoms with Gasteiger partial charge in [0.1, 0.15) is 5.78 Å². The van der Waals surface area contributed by atoms with Gasteiger partial charge in [0.2, 0.25) is 5.91 Å². The highest BCUT2D eigenvalue weighted by atomic mass is 16.2. The normalized spacial score (nSPS) is 16.4. The van der Waals surface area contributed by atoms with Crippen molar-refractivity contribution in [2.24, 2.45) is 0 Å². The Hall–Kier alpha value is -0.860. The van der Waals surface area contributed by atoms with Gasteiger partial charge in [-0.05, 0) is 6.42 Å². The molecule has 0 aromatic heterocycles. The van der Waals surface area contributed by atoms with Crippen LogP contribution in [0.5, 0.6) is 0 Å². The minimum absolute atomic E-state index is 0.0363. The maximum atomic E-state index is 11.5. The number of ketones is 1. The van der Waals surface area contributed by atoms with E-state index in [1.807, 2.05) is 4.90 Å². The Morgan fingerprint density at radius 3 is 2.17 bits per heavy atom. The van der Waals surface area contributed by atoms with Crippen molar-refractivity contribution in [3.63, 3.8) is 0 Å². The fourth-order valence-corrected chi connectivity index (χ4v) is 2.43. The maximum absolute atomic E-state index is 11.5. The van der Waals surface area contributed by atoms with Gasteiger partial charge in [0, 0.05) is 19.5 Å². The Bertz CT molecular complexity index is 263. The number of unbranched alkanes of at least 4 members (excludes halogenated alkanes) is 7. The summed E-state index contributed by atoms with van der Waals surface area (Å²) < 4.78 is 0. The number of hydrogen-bond acceptors (Lipinski definition) is 2. The smallest absolute Gasteiger partial charge is 0.230 e. The molecule has 1 aliphatic heterocycles. The quantitative estimate of drug-likeness (QED) is 0.467. The number of carbonyl (C=O) groups is 2. The molecule has 0 atom stereocenters. The molecular formula is C15H27NO2. The van der Waals surface area contributed by atoms with Crippen LogP contribution < -0.4 is 0 Å². The Labute approximate surface area is 111 Å². The Morgan fingerprint density at radius 2 is 1.56 bits per heavy atom. The molecule has 0 N–H and O–H groups in total. The number of nitrogens with zero attached hydrogens (tertiary/aromatic N) is 1. The van der Waals surface area contributed by atoms with Crippen LogP contribution in [0.15, 0.2) is 0 Å². The highest BCUT2D eigenvalue weighted by Crippen LogP contribution is 2.11. The van der Waals surface area contributed by atoms with E-state index in [0.29, 0.717) is 13.0 Å². The van der Waals surface area contributed by atoms with Crippen LogP contribution in [0.3, 0.4) is 0 Å². The summed E-state index contributed by atoms with van der Waals surface area (Å²) in [5.41, 5.74) is 0. The van der Waals surface area contributed by atoms with Gasteiger partial charge in [-0.25, -0.2) is 0 Å². The van der Waals surface area contributed by atoms with Crippen molar-refractivity contribution in [1.29, 1.82) is 0 Å².